The van der Waals surface area contributed by atoms with Crippen LogP contribution in [0, 0.1) is 0 Å². The van der Waals surface area contributed by atoms with Crippen molar-refractivity contribution in [2.24, 2.45) is 5.73 Å². The summed E-state index contributed by atoms with van der Waals surface area (Å²) in [6, 6.07) is 0. The first-order chi connectivity index (χ1) is 8.79. The minimum Gasteiger partial charge on any atom is -0.371 e. The van der Waals surface area contributed by atoms with Crippen molar-refractivity contribution in [3.05, 3.63) is 15.6 Å². The number of rotatable bonds is 4. The number of ether oxygens (including phenoxy) is 1. The van der Waals surface area contributed by atoms with Crippen LogP contribution in [0.15, 0.2) is 0 Å². The van der Waals surface area contributed by atoms with Gasteiger partial charge in [0.2, 0.25) is 0 Å². The molecule has 0 spiro atoms. The van der Waals surface area contributed by atoms with Crippen molar-refractivity contribution in [2.75, 3.05) is 7.11 Å². The Hall–Kier alpha value is -0.450. The Bertz CT molecular complexity index is 419. The predicted octanol–water partition coefficient (Wildman–Crippen LogP) is 3.29. The van der Waals surface area contributed by atoms with Gasteiger partial charge in [-0.05, 0) is 25.7 Å². The van der Waals surface area contributed by atoms with E-state index >= 15 is 0 Å². The predicted molar refractivity (Wildman–Crippen MR) is 73.8 cm³/mol. The van der Waals surface area contributed by atoms with Crippen molar-refractivity contribution in [1.82, 2.24) is 4.98 Å². The van der Waals surface area contributed by atoms with E-state index in [0.29, 0.717) is 12.5 Å². The van der Waals surface area contributed by atoms with Crippen LogP contribution in [-0.2, 0) is 16.9 Å². The first kappa shape index (κ1) is 12.6. The van der Waals surface area contributed by atoms with Crippen LogP contribution in [0.2, 0.25) is 0 Å². The Morgan fingerprint density at radius 2 is 2.06 bits per heavy atom. The highest BCUT2D eigenvalue weighted by Gasteiger charge is 2.39. The van der Waals surface area contributed by atoms with Gasteiger partial charge in [0.25, 0.3) is 0 Å². The second-order valence-electron chi connectivity index (χ2n) is 5.56. The van der Waals surface area contributed by atoms with Gasteiger partial charge in [0, 0.05) is 24.4 Å². The molecule has 1 heterocycles. The van der Waals surface area contributed by atoms with Crippen LogP contribution in [0.1, 0.15) is 66.4 Å². The first-order valence-electron chi connectivity index (χ1n) is 7.04. The lowest BCUT2D eigenvalue weighted by atomic mass is 9.85. The van der Waals surface area contributed by atoms with Gasteiger partial charge in [0.05, 0.1) is 5.69 Å². The third-order valence-electron chi connectivity index (χ3n) is 4.32. The van der Waals surface area contributed by atoms with Gasteiger partial charge < -0.3 is 10.5 Å². The number of methoxy groups -OCH3 is 1. The third-order valence-corrected chi connectivity index (χ3v) is 5.60. The fraction of sp³-hybridized carbons (Fsp3) is 0.786. The van der Waals surface area contributed by atoms with Gasteiger partial charge in [-0.25, -0.2) is 4.98 Å². The van der Waals surface area contributed by atoms with E-state index in [0.717, 1.165) is 12.8 Å². The molecular formula is C14H22N2OS. The molecule has 0 aromatic carbocycles. The topological polar surface area (TPSA) is 48.1 Å². The molecule has 2 N–H and O–H groups in total. The number of hydrogen-bond donors (Lipinski definition) is 1. The number of nitrogens with two attached hydrogens (primary N) is 1. The van der Waals surface area contributed by atoms with E-state index in [9.17, 15) is 0 Å². The quantitative estimate of drug-likeness (QED) is 0.909. The Morgan fingerprint density at radius 3 is 2.61 bits per heavy atom. The molecule has 3 nitrogen and oxygen atoms in total. The SMILES string of the molecule is COC1(c2nc(C3CC3)c(CN)s2)CCCCC1. The van der Waals surface area contributed by atoms with E-state index in [1.165, 1.54) is 47.7 Å². The zero-order valence-electron chi connectivity index (χ0n) is 11.1. The van der Waals surface area contributed by atoms with Gasteiger partial charge in [-0.15, -0.1) is 11.3 Å². The fourth-order valence-corrected chi connectivity index (χ4v) is 4.26. The fourth-order valence-electron chi connectivity index (χ4n) is 3.01. The van der Waals surface area contributed by atoms with Crippen molar-refractivity contribution < 1.29 is 4.74 Å². The van der Waals surface area contributed by atoms with Crippen molar-refractivity contribution >= 4 is 11.3 Å². The van der Waals surface area contributed by atoms with Crippen molar-refractivity contribution in [3.8, 4) is 0 Å². The van der Waals surface area contributed by atoms with E-state index in [1.807, 2.05) is 7.11 Å². The van der Waals surface area contributed by atoms with Gasteiger partial charge in [-0.1, -0.05) is 19.3 Å². The van der Waals surface area contributed by atoms with Crippen molar-refractivity contribution in [1.29, 1.82) is 0 Å². The zero-order valence-corrected chi connectivity index (χ0v) is 11.9. The van der Waals surface area contributed by atoms with E-state index < -0.39 is 0 Å². The number of hydrogen-bond acceptors (Lipinski definition) is 4. The maximum atomic E-state index is 5.88. The Morgan fingerprint density at radius 1 is 1.33 bits per heavy atom. The first-order valence-corrected chi connectivity index (χ1v) is 7.86. The summed E-state index contributed by atoms with van der Waals surface area (Å²) in [5.41, 5.74) is 7.04. The zero-order chi connectivity index (χ0) is 12.6. The van der Waals surface area contributed by atoms with Crippen LogP contribution < -0.4 is 5.73 Å². The van der Waals surface area contributed by atoms with E-state index in [2.05, 4.69) is 0 Å². The molecule has 0 atom stereocenters. The molecule has 0 radical (unpaired) electrons. The molecule has 4 heteroatoms. The van der Waals surface area contributed by atoms with Gasteiger partial charge in [-0.2, -0.15) is 0 Å². The molecule has 0 amide bonds. The molecule has 3 rings (SSSR count). The number of aromatic nitrogens is 1. The molecule has 100 valence electrons. The van der Waals surface area contributed by atoms with Crippen LogP contribution in [0.5, 0.6) is 0 Å². The lowest BCUT2D eigenvalue weighted by Gasteiger charge is -2.34. The largest absolute Gasteiger partial charge is 0.371 e. The van der Waals surface area contributed by atoms with E-state index in [-0.39, 0.29) is 5.60 Å². The molecule has 2 saturated carbocycles. The smallest absolute Gasteiger partial charge is 0.125 e. The van der Waals surface area contributed by atoms with Gasteiger partial charge >= 0.3 is 0 Å². The molecule has 2 fully saturated rings. The summed E-state index contributed by atoms with van der Waals surface area (Å²) in [5, 5.41) is 1.19. The summed E-state index contributed by atoms with van der Waals surface area (Å²) in [6.45, 7) is 0.628. The molecule has 0 bridgehead atoms. The molecule has 0 aliphatic heterocycles. The maximum Gasteiger partial charge on any atom is 0.125 e. The number of nitrogens with zero attached hydrogens (tertiary/aromatic N) is 1. The summed E-state index contributed by atoms with van der Waals surface area (Å²) in [5.74, 6) is 0.686. The van der Waals surface area contributed by atoms with Gasteiger partial charge in [-0.3, -0.25) is 0 Å². The highest BCUT2D eigenvalue weighted by molar-refractivity contribution is 7.11. The monoisotopic (exact) mass is 266 g/mol. The second-order valence-corrected chi connectivity index (χ2v) is 6.65. The minimum absolute atomic E-state index is 0.111. The highest BCUT2D eigenvalue weighted by Crippen LogP contribution is 2.47. The van der Waals surface area contributed by atoms with Crippen molar-refractivity contribution in [2.45, 2.75) is 63.0 Å². The summed E-state index contributed by atoms with van der Waals surface area (Å²) < 4.78 is 5.88. The lowest BCUT2D eigenvalue weighted by Crippen LogP contribution is -2.30. The second kappa shape index (κ2) is 4.91. The third kappa shape index (κ3) is 2.10. The van der Waals surface area contributed by atoms with Crippen LogP contribution in [0.3, 0.4) is 0 Å². The standard InChI is InChI=1S/C14H22N2OS/c1-17-14(7-3-2-4-8-14)13-16-12(10-5-6-10)11(9-15)18-13/h10H,2-9,15H2,1H3. The molecule has 0 saturated heterocycles. The summed E-state index contributed by atoms with van der Waals surface area (Å²) in [7, 11) is 1.84. The molecule has 18 heavy (non-hydrogen) atoms. The maximum absolute atomic E-state index is 5.88. The Kier molecular flexibility index (Phi) is 3.43. The molecule has 1 aromatic rings. The number of thiazole rings is 1. The lowest BCUT2D eigenvalue weighted by molar-refractivity contribution is -0.0447. The molecule has 2 aliphatic carbocycles. The average molecular weight is 266 g/mol. The molecular weight excluding hydrogens is 244 g/mol. The summed E-state index contributed by atoms with van der Waals surface area (Å²) in [6.07, 6.45) is 8.65. The average Bonchev–Trinajstić information content (AvgIpc) is 3.18. The Balaban J connectivity index is 1.94. The summed E-state index contributed by atoms with van der Waals surface area (Å²) in [4.78, 5) is 6.21. The molecule has 0 unspecified atom stereocenters. The molecule has 1 aromatic heterocycles. The summed E-state index contributed by atoms with van der Waals surface area (Å²) >= 11 is 1.80. The van der Waals surface area contributed by atoms with E-state index in [4.69, 9.17) is 15.5 Å². The molecule has 2 aliphatic rings. The van der Waals surface area contributed by atoms with Crippen LogP contribution in [-0.4, -0.2) is 12.1 Å². The van der Waals surface area contributed by atoms with Gasteiger partial charge in [0.1, 0.15) is 10.6 Å². The van der Waals surface area contributed by atoms with Crippen LogP contribution in [0.25, 0.3) is 0 Å². The van der Waals surface area contributed by atoms with Crippen LogP contribution in [0.4, 0.5) is 0 Å². The van der Waals surface area contributed by atoms with Crippen molar-refractivity contribution in [3.63, 3.8) is 0 Å². The highest BCUT2D eigenvalue weighted by atomic mass is 32.1. The minimum atomic E-state index is -0.111. The van der Waals surface area contributed by atoms with Gasteiger partial charge in [0.15, 0.2) is 0 Å². The van der Waals surface area contributed by atoms with Crippen LogP contribution >= 0.6 is 11.3 Å². The normalized spacial score (nSPS) is 23.2. The van der Waals surface area contributed by atoms with E-state index in [1.54, 1.807) is 11.3 Å². The Labute approximate surface area is 113 Å².